The highest BCUT2D eigenvalue weighted by atomic mass is 16.3. The first kappa shape index (κ1) is 34.2. The van der Waals surface area contributed by atoms with Gasteiger partial charge in [-0.25, -0.2) is 24.9 Å². The van der Waals surface area contributed by atoms with Crippen LogP contribution in [0.15, 0.2) is 205 Å². The molecule has 0 atom stereocenters. The van der Waals surface area contributed by atoms with E-state index in [1.165, 1.54) is 0 Å². The zero-order valence-corrected chi connectivity index (χ0v) is 31.7. The number of para-hydroxylation sites is 1. The third-order valence-corrected chi connectivity index (χ3v) is 10.7. The molecule has 0 bridgehead atoms. The molecule has 11 rings (SSSR count). The van der Waals surface area contributed by atoms with Gasteiger partial charge < -0.3 is 4.42 Å². The number of hydrogen-bond acceptors (Lipinski definition) is 6. The molecule has 0 fully saturated rings. The molecule has 0 saturated heterocycles. The maximum absolute atomic E-state index is 6.24. The molecule has 3 aromatic heterocycles. The highest BCUT2D eigenvalue weighted by Gasteiger charge is 2.16. The summed E-state index contributed by atoms with van der Waals surface area (Å²) in [6, 6.07) is 68.2. The molecule has 0 N–H and O–H groups in total. The second-order valence-electron chi connectivity index (χ2n) is 14.5. The van der Waals surface area contributed by atoms with Crippen molar-refractivity contribution >= 4 is 32.7 Å². The summed E-state index contributed by atoms with van der Waals surface area (Å²) in [6.07, 6.45) is 0. The molecule has 0 aliphatic rings. The van der Waals surface area contributed by atoms with Gasteiger partial charge in [0.25, 0.3) is 0 Å². The summed E-state index contributed by atoms with van der Waals surface area (Å²) < 4.78 is 6.24. The van der Waals surface area contributed by atoms with Crippen molar-refractivity contribution in [2.24, 2.45) is 0 Å². The number of nitrogens with zero attached hydrogens (tertiary/aromatic N) is 5. The van der Waals surface area contributed by atoms with Gasteiger partial charge in [0, 0.05) is 44.2 Å². The SMILES string of the molecule is c1ccc(-c2cc(-c3cccc(-c4cccc(-c5nc(-c6ccccc6)nc(-c6ccc7cc8c(cc7c6)oc6ccccc68)n5)c4)c3)nc(-c3ccccc3)n2)cc1. The fourth-order valence-corrected chi connectivity index (χ4v) is 7.72. The normalized spacial score (nSPS) is 11.4. The molecule has 0 radical (unpaired) electrons. The highest BCUT2D eigenvalue weighted by Crippen LogP contribution is 2.35. The van der Waals surface area contributed by atoms with Gasteiger partial charge in [-0.2, -0.15) is 0 Å². The lowest BCUT2D eigenvalue weighted by molar-refractivity contribution is 0.669. The summed E-state index contributed by atoms with van der Waals surface area (Å²) in [7, 11) is 0. The number of fused-ring (bicyclic) bond motifs is 4. The number of benzene rings is 8. The topological polar surface area (TPSA) is 77.6 Å². The lowest BCUT2D eigenvalue weighted by Gasteiger charge is -2.12. The Morgan fingerprint density at radius 3 is 1.42 bits per heavy atom. The molecule has 11 aromatic rings. The van der Waals surface area contributed by atoms with E-state index in [1.807, 2.05) is 97.1 Å². The highest BCUT2D eigenvalue weighted by molar-refractivity contribution is 6.10. The molecule has 0 saturated carbocycles. The van der Waals surface area contributed by atoms with Crippen LogP contribution >= 0.6 is 0 Å². The number of furan rings is 1. The van der Waals surface area contributed by atoms with Crippen LogP contribution in [0.1, 0.15) is 0 Å². The number of aromatic nitrogens is 5. The predicted molar refractivity (Wildman–Crippen MR) is 238 cm³/mol. The zero-order chi connectivity index (χ0) is 39.1. The van der Waals surface area contributed by atoms with Crippen molar-refractivity contribution in [3.05, 3.63) is 200 Å². The Hall–Kier alpha value is -8.09. The van der Waals surface area contributed by atoms with Crippen LogP contribution in [0.2, 0.25) is 0 Å². The third kappa shape index (κ3) is 6.58. The van der Waals surface area contributed by atoms with E-state index in [0.717, 1.165) is 88.6 Å². The lowest BCUT2D eigenvalue weighted by Crippen LogP contribution is -2.00. The first-order valence-electron chi connectivity index (χ1n) is 19.6. The van der Waals surface area contributed by atoms with Gasteiger partial charge >= 0.3 is 0 Å². The molecule has 276 valence electrons. The van der Waals surface area contributed by atoms with E-state index in [0.29, 0.717) is 23.3 Å². The molecule has 6 nitrogen and oxygen atoms in total. The molecule has 8 aromatic carbocycles. The van der Waals surface area contributed by atoms with Crippen LogP contribution in [0.5, 0.6) is 0 Å². The minimum atomic E-state index is 0.593. The van der Waals surface area contributed by atoms with Gasteiger partial charge in [0.05, 0.1) is 11.4 Å². The molecule has 0 unspecified atom stereocenters. The van der Waals surface area contributed by atoms with Crippen molar-refractivity contribution in [2.75, 3.05) is 0 Å². The van der Waals surface area contributed by atoms with E-state index >= 15 is 0 Å². The van der Waals surface area contributed by atoms with Crippen LogP contribution in [-0.2, 0) is 0 Å². The average Bonchev–Trinajstić information content (AvgIpc) is 3.68. The van der Waals surface area contributed by atoms with Gasteiger partial charge in [-0.3, -0.25) is 0 Å². The van der Waals surface area contributed by atoms with Gasteiger partial charge in [-0.15, -0.1) is 0 Å². The van der Waals surface area contributed by atoms with Gasteiger partial charge in [-0.05, 0) is 64.4 Å². The molecular weight excluding hydrogens is 723 g/mol. The molecule has 0 aliphatic heterocycles. The standard InChI is InChI=1S/C53H33N5O/c1-4-14-34(15-5-1)46-33-47(55-50(54-46)35-16-6-2-7-17-35)40-22-12-20-37(28-40)38-21-13-23-41(29-38)52-56-51(36-18-8-3-9-19-36)57-53(58-52)42-27-26-39-31-45-44-24-10-11-25-48(44)59-49(45)32-43(39)30-42/h1-33H. The Morgan fingerprint density at radius 2 is 0.746 bits per heavy atom. The smallest absolute Gasteiger partial charge is 0.164 e. The van der Waals surface area contributed by atoms with Crippen LogP contribution in [0.3, 0.4) is 0 Å². The Kier molecular flexibility index (Phi) is 8.37. The van der Waals surface area contributed by atoms with Crippen molar-refractivity contribution in [3.8, 4) is 79.2 Å². The molecule has 0 spiro atoms. The quantitative estimate of drug-likeness (QED) is 0.161. The minimum Gasteiger partial charge on any atom is -0.456 e. The summed E-state index contributed by atoms with van der Waals surface area (Å²) in [5.74, 6) is 2.48. The Morgan fingerprint density at radius 1 is 0.254 bits per heavy atom. The van der Waals surface area contributed by atoms with Gasteiger partial charge in [0.15, 0.2) is 23.3 Å². The van der Waals surface area contributed by atoms with Gasteiger partial charge in [0.1, 0.15) is 11.2 Å². The summed E-state index contributed by atoms with van der Waals surface area (Å²) >= 11 is 0. The molecular formula is C53H33N5O. The van der Waals surface area contributed by atoms with E-state index < -0.39 is 0 Å². The molecule has 0 amide bonds. The van der Waals surface area contributed by atoms with Crippen molar-refractivity contribution < 1.29 is 4.42 Å². The van der Waals surface area contributed by atoms with Crippen molar-refractivity contribution in [1.29, 1.82) is 0 Å². The molecule has 6 heteroatoms. The monoisotopic (exact) mass is 755 g/mol. The van der Waals surface area contributed by atoms with Crippen molar-refractivity contribution in [1.82, 2.24) is 24.9 Å². The van der Waals surface area contributed by atoms with Gasteiger partial charge in [-0.1, -0.05) is 158 Å². The van der Waals surface area contributed by atoms with Crippen molar-refractivity contribution in [3.63, 3.8) is 0 Å². The maximum Gasteiger partial charge on any atom is 0.164 e. The molecule has 3 heterocycles. The first-order valence-corrected chi connectivity index (χ1v) is 19.6. The Bertz CT molecular complexity index is 3270. The fourth-order valence-electron chi connectivity index (χ4n) is 7.72. The third-order valence-electron chi connectivity index (χ3n) is 10.7. The van der Waals surface area contributed by atoms with E-state index in [4.69, 9.17) is 29.3 Å². The maximum atomic E-state index is 6.24. The van der Waals surface area contributed by atoms with E-state index in [-0.39, 0.29) is 0 Å². The minimum absolute atomic E-state index is 0.593. The first-order chi connectivity index (χ1) is 29.2. The largest absolute Gasteiger partial charge is 0.456 e. The lowest BCUT2D eigenvalue weighted by atomic mass is 9.99. The predicted octanol–water partition coefficient (Wildman–Crippen LogP) is 13.4. The fraction of sp³-hybridized carbons (Fsp3) is 0. The van der Waals surface area contributed by atoms with E-state index in [9.17, 15) is 0 Å². The second-order valence-corrected chi connectivity index (χ2v) is 14.5. The summed E-state index contributed by atoms with van der Waals surface area (Å²) in [5.41, 5.74) is 11.2. The average molecular weight is 756 g/mol. The summed E-state index contributed by atoms with van der Waals surface area (Å²) in [4.78, 5) is 25.3. The Labute approximate surface area is 340 Å². The Balaban J connectivity index is 0.995. The van der Waals surface area contributed by atoms with Crippen LogP contribution in [-0.4, -0.2) is 24.9 Å². The second kappa shape index (κ2) is 14.4. The number of hydrogen-bond donors (Lipinski definition) is 0. The van der Waals surface area contributed by atoms with Gasteiger partial charge in [0.2, 0.25) is 0 Å². The van der Waals surface area contributed by atoms with Crippen LogP contribution < -0.4 is 0 Å². The van der Waals surface area contributed by atoms with Crippen LogP contribution in [0.25, 0.3) is 112 Å². The van der Waals surface area contributed by atoms with Crippen LogP contribution in [0.4, 0.5) is 0 Å². The molecule has 59 heavy (non-hydrogen) atoms. The zero-order valence-electron chi connectivity index (χ0n) is 31.7. The van der Waals surface area contributed by atoms with E-state index in [1.54, 1.807) is 0 Å². The van der Waals surface area contributed by atoms with Crippen molar-refractivity contribution in [2.45, 2.75) is 0 Å². The number of rotatable bonds is 7. The summed E-state index contributed by atoms with van der Waals surface area (Å²) in [6.45, 7) is 0. The summed E-state index contributed by atoms with van der Waals surface area (Å²) in [5, 5.41) is 4.39. The van der Waals surface area contributed by atoms with Crippen LogP contribution in [0, 0.1) is 0 Å². The molecule has 0 aliphatic carbocycles. The van der Waals surface area contributed by atoms with E-state index in [2.05, 4.69) is 103 Å².